The molecule has 20 atom stereocenters. The Labute approximate surface area is 279 Å². The molecule has 4 aliphatic heterocycles. The zero-order chi connectivity index (χ0) is 36.2. The molecular weight excluding hydrogens is 672 g/mol. The molecule has 0 amide bonds. The van der Waals surface area contributed by atoms with Gasteiger partial charge in [-0.05, 0) is 0 Å². The van der Waals surface area contributed by atoms with E-state index < -0.39 is 149 Å². The Hall–Kier alpha value is -0.920. The molecule has 23 heteroatoms. The third-order valence-electron chi connectivity index (χ3n) is 8.63. The van der Waals surface area contributed by atoms with Crippen molar-refractivity contribution < 1.29 is 93.7 Å². The summed E-state index contributed by atoms with van der Waals surface area (Å²) in [4.78, 5) is 0. The van der Waals surface area contributed by atoms with Gasteiger partial charge in [0.25, 0.3) is 0 Å². The van der Waals surface area contributed by atoms with Gasteiger partial charge in [-0.25, -0.2) is 0 Å². The summed E-state index contributed by atoms with van der Waals surface area (Å²) >= 11 is 0. The summed E-state index contributed by atoms with van der Waals surface area (Å²) in [5, 5.41) is 102. The molecule has 0 aromatic rings. The van der Waals surface area contributed by atoms with Crippen LogP contribution in [0.3, 0.4) is 0 Å². The molecule has 0 radical (unpaired) electrons. The van der Waals surface area contributed by atoms with Crippen molar-refractivity contribution >= 4 is 0 Å². The molecule has 0 saturated carbocycles. The number of hydrogen-bond acceptors (Lipinski definition) is 23. The lowest BCUT2D eigenvalue weighted by molar-refractivity contribution is -0.387. The van der Waals surface area contributed by atoms with E-state index in [2.05, 4.69) is 0 Å². The summed E-state index contributed by atoms with van der Waals surface area (Å²) in [6.07, 6.45) is -24.6. The molecule has 8 unspecified atom stereocenters. The molecule has 0 aromatic heterocycles. The fourth-order valence-corrected chi connectivity index (χ4v) is 5.81. The first-order valence-corrected chi connectivity index (χ1v) is 15.6. The van der Waals surface area contributed by atoms with Crippen molar-refractivity contribution in [2.75, 3.05) is 39.6 Å². The van der Waals surface area contributed by atoms with Crippen molar-refractivity contribution in [2.24, 2.45) is 22.9 Å². The standard InChI is InChI=1S/C26H50N4O19/c27-9-14(36)18(7(5-33)43-21(9)40)45-24-12(30)16(38)20(26(49-24)42-4-2-32)47-22-11(29)15(37)19(8(6-34)44-22)46-23-10(28)13(35)17(39)25(48-23)41-3-1-31/h7-26,31-40H,1-6,27-30H2/t7?,8?,9?,10?,11?,12?,13-,14-,15-,16-,17+,18-,19-,20+,21-,22+,23-,24-,25?,26?/m1/s1. The van der Waals surface area contributed by atoms with Gasteiger partial charge >= 0.3 is 0 Å². The predicted molar refractivity (Wildman–Crippen MR) is 154 cm³/mol. The Morgan fingerprint density at radius 1 is 0.429 bits per heavy atom. The number of nitrogens with two attached hydrogens (primary N) is 4. The molecule has 18 N–H and O–H groups in total. The zero-order valence-corrected chi connectivity index (χ0v) is 26.2. The molecule has 4 fully saturated rings. The summed E-state index contributed by atoms with van der Waals surface area (Å²) in [6.45, 7) is -3.02. The van der Waals surface area contributed by atoms with Gasteiger partial charge in [0.05, 0.1) is 63.8 Å². The molecule has 288 valence electrons. The van der Waals surface area contributed by atoms with Crippen LogP contribution in [0.1, 0.15) is 0 Å². The van der Waals surface area contributed by atoms with Crippen LogP contribution in [0.25, 0.3) is 0 Å². The van der Waals surface area contributed by atoms with Gasteiger partial charge in [-0.15, -0.1) is 0 Å². The van der Waals surface area contributed by atoms with Crippen LogP contribution in [0, 0.1) is 0 Å². The van der Waals surface area contributed by atoms with Gasteiger partial charge in [0, 0.05) is 0 Å². The highest BCUT2D eigenvalue weighted by Gasteiger charge is 2.54. The van der Waals surface area contributed by atoms with Crippen molar-refractivity contribution in [2.45, 2.75) is 123 Å². The lowest BCUT2D eigenvalue weighted by Crippen LogP contribution is -2.70. The molecule has 23 nitrogen and oxygen atoms in total. The summed E-state index contributed by atoms with van der Waals surface area (Å²) < 4.78 is 50.4. The molecule has 0 bridgehead atoms. The second-order valence-electron chi connectivity index (χ2n) is 12.0. The molecule has 49 heavy (non-hydrogen) atoms. The van der Waals surface area contributed by atoms with Crippen molar-refractivity contribution in [1.29, 1.82) is 0 Å². The van der Waals surface area contributed by atoms with Crippen LogP contribution >= 0.6 is 0 Å². The van der Waals surface area contributed by atoms with Crippen LogP contribution in [0.15, 0.2) is 0 Å². The first kappa shape index (κ1) is 40.8. The van der Waals surface area contributed by atoms with Crippen LogP contribution < -0.4 is 22.9 Å². The van der Waals surface area contributed by atoms with Crippen molar-refractivity contribution in [3.8, 4) is 0 Å². The molecule has 4 rings (SSSR count). The van der Waals surface area contributed by atoms with Gasteiger partial charge < -0.3 is 117 Å². The maximum absolute atomic E-state index is 11.2. The summed E-state index contributed by atoms with van der Waals surface area (Å²) in [6, 6.07) is -5.62. The second kappa shape index (κ2) is 18.2. The lowest BCUT2D eigenvalue weighted by Gasteiger charge is -2.49. The number of aliphatic hydroxyl groups is 10. The number of ether oxygens (including phenoxy) is 9. The Morgan fingerprint density at radius 3 is 1.37 bits per heavy atom. The first-order chi connectivity index (χ1) is 23.3. The zero-order valence-electron chi connectivity index (χ0n) is 26.2. The normalized spacial score (nSPS) is 49.6. The molecule has 4 aliphatic rings. The topological polar surface area (TPSA) is 389 Å². The minimum absolute atomic E-state index is 0.260. The van der Waals surface area contributed by atoms with Gasteiger partial charge in [0.15, 0.2) is 37.7 Å². The van der Waals surface area contributed by atoms with E-state index in [9.17, 15) is 46.0 Å². The Bertz CT molecular complexity index is 995. The van der Waals surface area contributed by atoms with Crippen LogP contribution in [0.2, 0.25) is 0 Å². The quantitative estimate of drug-likeness (QED) is 0.0791. The van der Waals surface area contributed by atoms with Gasteiger partial charge in [0.1, 0.15) is 61.0 Å². The lowest BCUT2D eigenvalue weighted by atomic mass is 9.95. The molecule has 4 saturated heterocycles. The van der Waals surface area contributed by atoms with Crippen LogP contribution in [-0.4, -0.2) is 214 Å². The smallest absolute Gasteiger partial charge is 0.189 e. The van der Waals surface area contributed by atoms with E-state index in [4.69, 9.17) is 70.7 Å². The minimum Gasteiger partial charge on any atom is -0.394 e. The Morgan fingerprint density at radius 2 is 0.837 bits per heavy atom. The molecule has 0 spiro atoms. The third kappa shape index (κ3) is 9.00. The van der Waals surface area contributed by atoms with Crippen LogP contribution in [-0.2, 0) is 42.6 Å². The van der Waals surface area contributed by atoms with Gasteiger partial charge in [-0.1, -0.05) is 0 Å². The maximum atomic E-state index is 11.2. The SMILES string of the molecule is NC1[C@H](O[C@@H]2C(CO)O[C@@H](O[C@@H]3C(OCCO)O[C@@H](O[C@@H]4C(CO)O[C@@H](O)C(N)[C@H]4O)C(N)[C@H]3O)C(N)[C@H]2O)OC(OCCO)[C@@H](O)[C@@H]1O. The van der Waals surface area contributed by atoms with E-state index in [1.807, 2.05) is 0 Å². The van der Waals surface area contributed by atoms with E-state index in [0.29, 0.717) is 0 Å². The summed E-state index contributed by atoms with van der Waals surface area (Å²) in [5.41, 5.74) is 24.2. The molecule has 0 aliphatic carbocycles. The Kier molecular flexibility index (Phi) is 15.2. The predicted octanol–water partition coefficient (Wildman–Crippen LogP) is -9.94. The van der Waals surface area contributed by atoms with Crippen LogP contribution in [0.4, 0.5) is 0 Å². The van der Waals surface area contributed by atoms with Crippen molar-refractivity contribution in [1.82, 2.24) is 0 Å². The molecule has 0 aromatic carbocycles. The van der Waals surface area contributed by atoms with Gasteiger partial charge in [-0.2, -0.15) is 0 Å². The van der Waals surface area contributed by atoms with Crippen molar-refractivity contribution in [3.63, 3.8) is 0 Å². The second-order valence-corrected chi connectivity index (χ2v) is 12.0. The van der Waals surface area contributed by atoms with E-state index in [0.717, 1.165) is 0 Å². The summed E-state index contributed by atoms with van der Waals surface area (Å²) in [7, 11) is 0. The highest BCUT2D eigenvalue weighted by atomic mass is 16.8. The largest absolute Gasteiger partial charge is 0.394 e. The van der Waals surface area contributed by atoms with E-state index in [1.54, 1.807) is 0 Å². The third-order valence-corrected chi connectivity index (χ3v) is 8.63. The first-order valence-electron chi connectivity index (χ1n) is 15.6. The average molecular weight is 723 g/mol. The number of aliphatic hydroxyl groups excluding tert-OH is 10. The van der Waals surface area contributed by atoms with Gasteiger partial charge in [0.2, 0.25) is 0 Å². The number of rotatable bonds is 14. The van der Waals surface area contributed by atoms with E-state index >= 15 is 0 Å². The summed E-state index contributed by atoms with van der Waals surface area (Å²) in [5.74, 6) is 0. The average Bonchev–Trinajstić information content (AvgIpc) is 3.09. The highest BCUT2D eigenvalue weighted by Crippen LogP contribution is 2.33. The fraction of sp³-hybridized carbons (Fsp3) is 1.00. The van der Waals surface area contributed by atoms with E-state index in [-0.39, 0.29) is 13.2 Å². The molecule has 4 heterocycles. The maximum Gasteiger partial charge on any atom is 0.189 e. The van der Waals surface area contributed by atoms with Crippen molar-refractivity contribution in [3.05, 3.63) is 0 Å². The molecular formula is C26H50N4O19. The monoisotopic (exact) mass is 722 g/mol. The fourth-order valence-electron chi connectivity index (χ4n) is 5.81. The van der Waals surface area contributed by atoms with E-state index in [1.165, 1.54) is 0 Å². The highest BCUT2D eigenvalue weighted by molar-refractivity contribution is 4.99. The number of hydrogen-bond donors (Lipinski definition) is 14. The van der Waals surface area contributed by atoms with Crippen LogP contribution in [0.5, 0.6) is 0 Å². The minimum atomic E-state index is -1.71. The Balaban J connectivity index is 1.46. The van der Waals surface area contributed by atoms with Gasteiger partial charge in [-0.3, -0.25) is 0 Å².